The van der Waals surface area contributed by atoms with Crippen LogP contribution < -0.4 is 5.32 Å². The summed E-state index contributed by atoms with van der Waals surface area (Å²) in [6.07, 6.45) is 4.07. The number of fused-ring (bicyclic) bond motifs is 1. The van der Waals surface area contributed by atoms with Crippen LogP contribution in [0, 0.1) is 0 Å². The molecule has 4 rings (SSSR count). The van der Waals surface area contributed by atoms with Crippen molar-refractivity contribution in [3.63, 3.8) is 0 Å². The normalized spacial score (nSPS) is 27.6. The summed E-state index contributed by atoms with van der Waals surface area (Å²) in [7, 11) is 3.65. The maximum atomic E-state index is 13.0. The van der Waals surface area contributed by atoms with Gasteiger partial charge in [0.25, 0.3) is 5.91 Å². The lowest BCUT2D eigenvalue weighted by atomic mass is 10.2. The van der Waals surface area contributed by atoms with E-state index in [0.717, 1.165) is 25.5 Å². The fourth-order valence-electron chi connectivity index (χ4n) is 3.82. The Morgan fingerprint density at radius 3 is 2.89 bits per heavy atom. The first kappa shape index (κ1) is 19.8. The zero-order valence-electron chi connectivity index (χ0n) is 15.9. The fourth-order valence-corrected chi connectivity index (χ4v) is 5.07. The molecule has 3 aliphatic heterocycles. The van der Waals surface area contributed by atoms with Gasteiger partial charge in [0.1, 0.15) is 11.5 Å². The molecule has 4 heterocycles. The molecule has 3 aliphatic rings. The molecule has 1 saturated heterocycles. The Hall–Kier alpha value is -1.55. The van der Waals surface area contributed by atoms with Gasteiger partial charge in [-0.3, -0.25) is 14.5 Å². The van der Waals surface area contributed by atoms with Gasteiger partial charge in [-0.15, -0.1) is 11.8 Å². The van der Waals surface area contributed by atoms with E-state index in [1.54, 1.807) is 12.0 Å². The van der Waals surface area contributed by atoms with E-state index >= 15 is 0 Å². The molecule has 0 radical (unpaired) electrons. The minimum Gasteiger partial charge on any atom is -0.377 e. The van der Waals surface area contributed by atoms with Crippen LogP contribution in [-0.4, -0.2) is 82.4 Å². The molecule has 0 spiro atoms. The number of likely N-dealkylation sites (N-methyl/N-ethyl adjacent to an activating group) is 1. The smallest absolute Gasteiger partial charge is 0.274 e. The summed E-state index contributed by atoms with van der Waals surface area (Å²) in [6.45, 7) is 3.35. The Morgan fingerprint density at radius 1 is 1.36 bits per heavy atom. The van der Waals surface area contributed by atoms with Crippen LogP contribution in [0.15, 0.2) is 16.6 Å². The molecule has 0 aliphatic carbocycles. The van der Waals surface area contributed by atoms with Crippen molar-refractivity contribution in [3.05, 3.63) is 28.2 Å². The predicted octanol–water partition coefficient (Wildman–Crippen LogP) is 0.870. The number of likely N-dealkylation sites (tertiary alicyclic amines) is 1. The number of nitrogens with zero attached hydrogens (tertiary/aromatic N) is 4. The Bertz CT molecular complexity index is 813. The van der Waals surface area contributed by atoms with Crippen LogP contribution >= 0.6 is 23.4 Å². The summed E-state index contributed by atoms with van der Waals surface area (Å²) < 4.78 is 8.23. The lowest BCUT2D eigenvalue weighted by Crippen LogP contribution is -2.46. The first-order valence-corrected chi connectivity index (χ1v) is 10.6. The molecule has 1 aromatic rings. The van der Waals surface area contributed by atoms with E-state index in [0.29, 0.717) is 29.6 Å². The summed E-state index contributed by atoms with van der Waals surface area (Å²) >= 11 is 7.32. The third-order valence-corrected chi connectivity index (χ3v) is 6.94. The quantitative estimate of drug-likeness (QED) is 0.771. The molecule has 3 atom stereocenters. The number of nitrogens with one attached hydrogen (secondary N) is 1. The number of halogens is 1. The number of hydrogen-bond donors (Lipinski definition) is 1. The number of carbonyl (C=O) groups excluding carboxylic acids is 2. The Kier molecular flexibility index (Phi) is 5.69. The second kappa shape index (κ2) is 8.06. The van der Waals surface area contributed by atoms with Gasteiger partial charge < -0.3 is 19.5 Å². The number of amides is 2. The second-order valence-electron chi connectivity index (χ2n) is 7.42. The van der Waals surface area contributed by atoms with E-state index < -0.39 is 0 Å². The van der Waals surface area contributed by atoms with Crippen molar-refractivity contribution < 1.29 is 14.3 Å². The molecule has 1 aromatic heterocycles. The third-order valence-electron chi connectivity index (χ3n) is 5.44. The molecule has 0 aromatic carbocycles. The van der Waals surface area contributed by atoms with E-state index in [1.165, 1.54) is 11.8 Å². The summed E-state index contributed by atoms with van der Waals surface area (Å²) in [5, 5.41) is 2.81. The highest BCUT2D eigenvalue weighted by Gasteiger charge is 2.39. The monoisotopic (exact) mass is 425 g/mol. The number of carbonyl (C=O) groups is 2. The largest absolute Gasteiger partial charge is 0.377 e. The Balaban J connectivity index is 1.40. The molecule has 0 bridgehead atoms. The second-order valence-corrected chi connectivity index (χ2v) is 9.30. The van der Waals surface area contributed by atoms with E-state index in [9.17, 15) is 9.59 Å². The lowest BCUT2D eigenvalue weighted by molar-refractivity contribution is -0.121. The zero-order chi connectivity index (χ0) is 19.8. The minimum atomic E-state index is -0.246. The van der Waals surface area contributed by atoms with Crippen molar-refractivity contribution in [2.75, 3.05) is 33.8 Å². The summed E-state index contributed by atoms with van der Waals surface area (Å²) in [4.78, 5) is 33.9. The average molecular weight is 426 g/mol. The summed E-state index contributed by atoms with van der Waals surface area (Å²) in [5.41, 5.74) is 0.453. The summed E-state index contributed by atoms with van der Waals surface area (Å²) in [6, 6.07) is -0.246. The minimum absolute atomic E-state index is 0.0706. The molecule has 1 N–H and O–H groups in total. The highest BCUT2D eigenvalue weighted by Crippen LogP contribution is 2.35. The van der Waals surface area contributed by atoms with E-state index in [4.69, 9.17) is 16.3 Å². The van der Waals surface area contributed by atoms with Gasteiger partial charge in [0, 0.05) is 39.5 Å². The van der Waals surface area contributed by atoms with E-state index in [1.807, 2.05) is 23.9 Å². The predicted molar refractivity (Wildman–Crippen MR) is 107 cm³/mol. The standard InChI is InChI=1S/C18H24ClN5O3S/c1-22-5-6-23-8-12(20-16(23)10-22)18(26)24-7-11(13(9-24)27-2)21-17(25)14-3-4-15(19)28-14/h4,8,11,13-14H,3,5-7,9-10H2,1-2H3,(H,21,25)/t11-,13-,14?/m0/s1. The van der Waals surface area contributed by atoms with Crippen molar-refractivity contribution in [3.8, 4) is 0 Å². The van der Waals surface area contributed by atoms with Crippen LogP contribution in [0.25, 0.3) is 0 Å². The average Bonchev–Trinajstić information content (AvgIpc) is 3.38. The number of imidazole rings is 1. The first-order valence-electron chi connectivity index (χ1n) is 9.34. The Labute approximate surface area is 173 Å². The van der Waals surface area contributed by atoms with Crippen LogP contribution in [-0.2, 0) is 22.6 Å². The van der Waals surface area contributed by atoms with Crippen molar-refractivity contribution in [2.24, 2.45) is 0 Å². The van der Waals surface area contributed by atoms with Gasteiger partial charge in [-0.2, -0.15) is 0 Å². The summed E-state index contributed by atoms with van der Waals surface area (Å²) in [5.74, 6) is 0.717. The molecule has 8 nitrogen and oxygen atoms in total. The number of methoxy groups -OCH3 is 1. The molecular weight excluding hydrogens is 402 g/mol. The van der Waals surface area contributed by atoms with E-state index in [-0.39, 0.29) is 29.2 Å². The Morgan fingerprint density at radius 2 is 2.18 bits per heavy atom. The van der Waals surface area contributed by atoms with Crippen molar-refractivity contribution >= 4 is 35.2 Å². The van der Waals surface area contributed by atoms with Gasteiger partial charge in [0.2, 0.25) is 5.91 Å². The van der Waals surface area contributed by atoms with Gasteiger partial charge in [0.05, 0.1) is 28.3 Å². The number of rotatable bonds is 4. The van der Waals surface area contributed by atoms with Gasteiger partial charge in [0.15, 0.2) is 0 Å². The molecule has 152 valence electrons. The van der Waals surface area contributed by atoms with Gasteiger partial charge in [-0.05, 0) is 13.5 Å². The van der Waals surface area contributed by atoms with Crippen molar-refractivity contribution in [2.45, 2.75) is 36.9 Å². The molecular formula is C18H24ClN5O3S. The number of aromatic nitrogens is 2. The van der Waals surface area contributed by atoms with E-state index in [2.05, 4.69) is 15.2 Å². The SMILES string of the molecule is CO[C@H]1CN(C(=O)c2cn3c(n2)CN(C)CC3)C[C@@H]1NC(=O)C1CC=C(Cl)S1. The third kappa shape index (κ3) is 3.94. The molecule has 0 saturated carbocycles. The van der Waals surface area contributed by atoms with Crippen LogP contribution in [0.3, 0.4) is 0 Å². The fraction of sp³-hybridized carbons (Fsp3) is 0.611. The maximum absolute atomic E-state index is 13.0. The number of thioether (sulfide) groups is 1. The first-order chi connectivity index (χ1) is 13.4. The highest BCUT2D eigenvalue weighted by molar-refractivity contribution is 8.06. The molecule has 1 fully saturated rings. The van der Waals surface area contributed by atoms with Crippen LogP contribution in [0.5, 0.6) is 0 Å². The van der Waals surface area contributed by atoms with Gasteiger partial charge in [-0.1, -0.05) is 17.7 Å². The molecule has 10 heteroatoms. The molecule has 2 amide bonds. The van der Waals surface area contributed by atoms with Crippen molar-refractivity contribution in [1.82, 2.24) is 24.7 Å². The topological polar surface area (TPSA) is 79.7 Å². The number of hydrogen-bond acceptors (Lipinski definition) is 6. The van der Waals surface area contributed by atoms with Gasteiger partial charge >= 0.3 is 0 Å². The lowest BCUT2D eigenvalue weighted by Gasteiger charge is -2.22. The van der Waals surface area contributed by atoms with Crippen LogP contribution in [0.2, 0.25) is 0 Å². The van der Waals surface area contributed by atoms with Gasteiger partial charge in [-0.25, -0.2) is 4.98 Å². The van der Waals surface area contributed by atoms with Crippen molar-refractivity contribution in [1.29, 1.82) is 0 Å². The molecule has 28 heavy (non-hydrogen) atoms. The van der Waals surface area contributed by atoms with Crippen LogP contribution in [0.1, 0.15) is 22.7 Å². The number of allylic oxidation sites excluding steroid dienone is 1. The zero-order valence-corrected chi connectivity index (χ0v) is 17.5. The highest BCUT2D eigenvalue weighted by atomic mass is 35.5. The molecule has 1 unspecified atom stereocenters. The maximum Gasteiger partial charge on any atom is 0.274 e. The number of ether oxygens (including phenoxy) is 1. The van der Waals surface area contributed by atoms with Crippen LogP contribution in [0.4, 0.5) is 0 Å².